The molecule has 0 spiro atoms. The van der Waals surface area contributed by atoms with Crippen LogP contribution in [0.3, 0.4) is 0 Å². The summed E-state index contributed by atoms with van der Waals surface area (Å²) in [6, 6.07) is -0.950. The SMILES string of the molecule is CCCCCCCCCCCCCCCCCC/C=C\CCCCCCCCC(=O)N[C@@H](/C=C/[C@H]1OC(CO)[C@H](O)[C@H](O)C1O)[C@H](O)[C@H](O)CCCCCCCCCCCCCC. The number of amides is 1. The van der Waals surface area contributed by atoms with Crippen molar-refractivity contribution in [3.8, 4) is 0 Å². The van der Waals surface area contributed by atoms with Crippen molar-refractivity contribution in [1.29, 1.82) is 0 Å². The topological polar surface area (TPSA) is 160 Å². The molecule has 0 aliphatic carbocycles. The van der Waals surface area contributed by atoms with Gasteiger partial charge in [0.25, 0.3) is 0 Å². The van der Waals surface area contributed by atoms with E-state index in [4.69, 9.17) is 4.74 Å². The molecule has 8 atom stereocenters. The Bertz CT molecular complexity index is 1050. The van der Waals surface area contributed by atoms with Gasteiger partial charge >= 0.3 is 0 Å². The summed E-state index contributed by atoms with van der Waals surface area (Å²) in [5, 5.41) is 65.6. The van der Waals surface area contributed by atoms with E-state index in [2.05, 4.69) is 31.3 Å². The first-order valence-electron chi connectivity index (χ1n) is 27.1. The van der Waals surface area contributed by atoms with Gasteiger partial charge in [0.1, 0.15) is 36.6 Å². The Morgan fingerprint density at radius 2 is 0.905 bits per heavy atom. The lowest BCUT2D eigenvalue weighted by atomic mass is 9.93. The molecule has 7 N–H and O–H groups in total. The number of hydrogen-bond donors (Lipinski definition) is 7. The number of aliphatic hydroxyl groups excluding tert-OH is 6. The van der Waals surface area contributed by atoms with E-state index in [1.165, 1.54) is 192 Å². The average Bonchev–Trinajstić information content (AvgIpc) is 3.28. The summed E-state index contributed by atoms with van der Waals surface area (Å²) >= 11 is 0. The molecule has 1 aliphatic heterocycles. The molecule has 0 aromatic heterocycles. The normalized spacial score (nSPS) is 20.8. The number of carbonyl (C=O) groups excluding carboxylic acids is 1. The molecule has 0 saturated carbocycles. The number of carbonyl (C=O) groups is 1. The highest BCUT2D eigenvalue weighted by Gasteiger charge is 2.42. The third-order valence-electron chi connectivity index (χ3n) is 13.3. The van der Waals surface area contributed by atoms with Crippen LogP contribution in [0.15, 0.2) is 24.3 Å². The molecule has 0 aromatic carbocycles. The number of hydrogen-bond acceptors (Lipinski definition) is 8. The van der Waals surface area contributed by atoms with Crippen LogP contribution in [0, 0.1) is 0 Å². The van der Waals surface area contributed by atoms with E-state index in [0.717, 1.165) is 51.4 Å². The lowest BCUT2D eigenvalue weighted by Gasteiger charge is -2.39. The zero-order valence-corrected chi connectivity index (χ0v) is 41.0. The Morgan fingerprint density at radius 1 is 0.524 bits per heavy atom. The molecule has 0 aromatic rings. The number of ether oxygens (including phenoxy) is 1. The minimum atomic E-state index is -1.53. The summed E-state index contributed by atoms with van der Waals surface area (Å²) in [7, 11) is 0. The van der Waals surface area contributed by atoms with Crippen LogP contribution in [-0.4, -0.2) is 91.9 Å². The van der Waals surface area contributed by atoms with Crippen molar-refractivity contribution in [1.82, 2.24) is 5.32 Å². The van der Waals surface area contributed by atoms with Crippen molar-refractivity contribution in [3.05, 3.63) is 24.3 Å². The Balaban J connectivity index is 2.27. The van der Waals surface area contributed by atoms with E-state index >= 15 is 0 Å². The lowest BCUT2D eigenvalue weighted by molar-refractivity contribution is -0.216. The van der Waals surface area contributed by atoms with Gasteiger partial charge in [-0.3, -0.25) is 4.79 Å². The van der Waals surface area contributed by atoms with Crippen LogP contribution in [-0.2, 0) is 9.53 Å². The van der Waals surface area contributed by atoms with Gasteiger partial charge in [-0.1, -0.05) is 237 Å². The summed E-state index contributed by atoms with van der Waals surface area (Å²) < 4.78 is 5.60. The second kappa shape index (κ2) is 43.3. The fraction of sp³-hybridized carbons (Fsp3) is 0.907. The van der Waals surface area contributed by atoms with Gasteiger partial charge in [-0.15, -0.1) is 0 Å². The molecule has 0 radical (unpaired) electrons. The van der Waals surface area contributed by atoms with Crippen LogP contribution in [0.25, 0.3) is 0 Å². The number of allylic oxidation sites excluding steroid dienone is 2. The Labute approximate surface area is 387 Å². The highest BCUT2D eigenvalue weighted by molar-refractivity contribution is 5.76. The van der Waals surface area contributed by atoms with Gasteiger partial charge in [-0.25, -0.2) is 0 Å². The van der Waals surface area contributed by atoms with Crippen LogP contribution < -0.4 is 5.32 Å². The van der Waals surface area contributed by atoms with Crippen LogP contribution in [0.5, 0.6) is 0 Å². The largest absolute Gasteiger partial charge is 0.394 e. The van der Waals surface area contributed by atoms with Crippen LogP contribution >= 0.6 is 0 Å². The molecule has 1 heterocycles. The predicted molar refractivity (Wildman–Crippen MR) is 263 cm³/mol. The standard InChI is InChI=1S/C54H103NO8/c1-3-5-7-9-11-13-15-17-18-19-20-21-22-23-24-25-26-27-28-29-30-32-34-36-38-40-42-50(58)55-46(43-44-48-52(60)54(62)53(61)49(45-56)63-48)51(59)47(57)41-39-37-35-33-31-16-14-12-10-8-6-4-2/h27-28,43-44,46-49,51-54,56-57,59-62H,3-26,29-42,45H2,1-2H3,(H,55,58)/b28-27-,44-43+/t46-,47+,48+,49?,51-,52?,53-,54+/m0/s1. The van der Waals surface area contributed by atoms with Gasteiger partial charge in [0, 0.05) is 6.42 Å². The van der Waals surface area contributed by atoms with Crippen LogP contribution in [0.4, 0.5) is 0 Å². The van der Waals surface area contributed by atoms with Gasteiger partial charge < -0.3 is 40.7 Å². The first-order chi connectivity index (χ1) is 30.8. The zero-order valence-electron chi connectivity index (χ0n) is 41.0. The van der Waals surface area contributed by atoms with Gasteiger partial charge in [-0.2, -0.15) is 0 Å². The Hall–Kier alpha value is -1.33. The Morgan fingerprint density at radius 3 is 1.32 bits per heavy atom. The van der Waals surface area contributed by atoms with Gasteiger partial charge in [-0.05, 0) is 38.5 Å². The maximum Gasteiger partial charge on any atom is 0.220 e. The summed E-state index contributed by atoms with van der Waals surface area (Å²) in [4.78, 5) is 13.1. The summed E-state index contributed by atoms with van der Waals surface area (Å²) in [6.07, 6.45) is 44.8. The molecular formula is C54H103NO8. The van der Waals surface area contributed by atoms with E-state index in [1.807, 2.05) is 0 Å². The molecular weight excluding hydrogens is 791 g/mol. The van der Waals surface area contributed by atoms with Crippen LogP contribution in [0.1, 0.15) is 258 Å². The highest BCUT2D eigenvalue weighted by atomic mass is 16.5. The van der Waals surface area contributed by atoms with E-state index in [1.54, 1.807) is 0 Å². The summed E-state index contributed by atoms with van der Waals surface area (Å²) in [5.74, 6) is -0.232. The molecule has 1 rings (SSSR count). The quantitative estimate of drug-likeness (QED) is 0.0235. The molecule has 9 nitrogen and oxygen atoms in total. The minimum Gasteiger partial charge on any atom is -0.394 e. The molecule has 372 valence electrons. The maximum absolute atomic E-state index is 13.1. The van der Waals surface area contributed by atoms with Crippen molar-refractivity contribution in [2.45, 2.75) is 307 Å². The molecule has 63 heavy (non-hydrogen) atoms. The molecule has 1 amide bonds. The molecule has 2 unspecified atom stereocenters. The number of rotatable bonds is 45. The van der Waals surface area contributed by atoms with Crippen LogP contribution in [0.2, 0.25) is 0 Å². The van der Waals surface area contributed by atoms with E-state index < -0.39 is 55.4 Å². The van der Waals surface area contributed by atoms with Gasteiger partial charge in [0.05, 0.1) is 18.8 Å². The minimum absolute atomic E-state index is 0.232. The summed E-state index contributed by atoms with van der Waals surface area (Å²) in [5.41, 5.74) is 0. The van der Waals surface area contributed by atoms with Gasteiger partial charge in [0.15, 0.2) is 0 Å². The monoisotopic (exact) mass is 894 g/mol. The first-order valence-corrected chi connectivity index (χ1v) is 27.1. The van der Waals surface area contributed by atoms with Gasteiger partial charge in [0.2, 0.25) is 5.91 Å². The Kier molecular flexibility index (Phi) is 41.0. The van der Waals surface area contributed by atoms with Crippen molar-refractivity contribution in [2.75, 3.05) is 6.61 Å². The zero-order chi connectivity index (χ0) is 46.0. The van der Waals surface area contributed by atoms with Crippen molar-refractivity contribution < 1.29 is 40.2 Å². The van der Waals surface area contributed by atoms with Crippen molar-refractivity contribution in [3.63, 3.8) is 0 Å². The molecule has 1 saturated heterocycles. The molecule has 0 bridgehead atoms. The fourth-order valence-electron chi connectivity index (χ4n) is 8.93. The van der Waals surface area contributed by atoms with E-state index in [0.29, 0.717) is 12.8 Å². The van der Waals surface area contributed by atoms with E-state index in [-0.39, 0.29) is 5.91 Å². The van der Waals surface area contributed by atoms with Crippen molar-refractivity contribution in [2.24, 2.45) is 0 Å². The molecule has 1 fully saturated rings. The third kappa shape index (κ3) is 32.9. The second-order valence-electron chi connectivity index (χ2n) is 19.2. The second-order valence-corrected chi connectivity index (χ2v) is 19.2. The third-order valence-corrected chi connectivity index (χ3v) is 13.3. The average molecular weight is 894 g/mol. The molecule has 1 aliphatic rings. The maximum atomic E-state index is 13.1. The summed E-state index contributed by atoms with van der Waals surface area (Å²) in [6.45, 7) is 3.98. The number of aliphatic hydroxyl groups is 6. The fourth-order valence-corrected chi connectivity index (χ4v) is 8.93. The highest BCUT2D eigenvalue weighted by Crippen LogP contribution is 2.23. The van der Waals surface area contributed by atoms with E-state index in [9.17, 15) is 35.4 Å². The number of unbranched alkanes of at least 4 members (excludes halogenated alkanes) is 33. The molecule has 9 heteroatoms. The lowest BCUT2D eigenvalue weighted by Crippen LogP contribution is -2.58. The predicted octanol–water partition coefficient (Wildman–Crippen LogP) is 12.0. The van der Waals surface area contributed by atoms with Crippen molar-refractivity contribution >= 4 is 5.91 Å². The smallest absolute Gasteiger partial charge is 0.220 e. The first kappa shape index (κ1) is 59.7. The number of nitrogens with one attached hydrogen (secondary N) is 1.